The van der Waals surface area contributed by atoms with Crippen molar-refractivity contribution in [3.63, 3.8) is 0 Å². The van der Waals surface area contributed by atoms with Gasteiger partial charge in [0.15, 0.2) is 9.84 Å². The average Bonchev–Trinajstić information content (AvgIpc) is 2.22. The van der Waals surface area contributed by atoms with E-state index in [1.807, 2.05) is 0 Å². The Morgan fingerprint density at radius 3 is 2.65 bits per heavy atom. The normalized spacial score (nSPS) is 11.5. The molecule has 0 unspecified atom stereocenters. The van der Waals surface area contributed by atoms with Crippen LogP contribution in [-0.4, -0.2) is 26.5 Å². The van der Waals surface area contributed by atoms with E-state index in [0.29, 0.717) is 6.42 Å². The van der Waals surface area contributed by atoms with E-state index in [2.05, 4.69) is 5.32 Å². The lowest BCUT2D eigenvalue weighted by Crippen LogP contribution is -2.18. The molecule has 3 nitrogen and oxygen atoms in total. The summed E-state index contributed by atoms with van der Waals surface area (Å²) in [5, 5.41) is 2.96. The number of benzene rings is 1. The molecule has 1 aromatic rings. The third-order valence-corrected chi connectivity index (χ3v) is 4.36. The summed E-state index contributed by atoms with van der Waals surface area (Å²) in [5.41, 5.74) is 0.154. The summed E-state index contributed by atoms with van der Waals surface area (Å²) in [6.45, 7) is 1.96. The number of sulfone groups is 1. The molecule has 0 amide bonds. The van der Waals surface area contributed by atoms with Crippen molar-refractivity contribution < 1.29 is 12.8 Å². The van der Waals surface area contributed by atoms with Gasteiger partial charge in [0.2, 0.25) is 0 Å². The molecule has 17 heavy (non-hydrogen) atoms. The van der Waals surface area contributed by atoms with Gasteiger partial charge in [0, 0.05) is 12.3 Å². The third kappa shape index (κ3) is 4.52. The molecule has 0 radical (unpaired) electrons. The van der Waals surface area contributed by atoms with E-state index in [1.54, 1.807) is 13.0 Å². The van der Waals surface area contributed by atoms with Crippen LogP contribution in [0, 0.1) is 5.82 Å². The number of para-hydroxylation sites is 1. The van der Waals surface area contributed by atoms with Gasteiger partial charge < -0.3 is 5.32 Å². The second-order valence-electron chi connectivity index (χ2n) is 3.68. The highest BCUT2D eigenvalue weighted by atomic mass is 35.5. The maximum Gasteiger partial charge on any atom is 0.152 e. The lowest BCUT2D eigenvalue weighted by Gasteiger charge is -2.09. The van der Waals surface area contributed by atoms with Crippen molar-refractivity contribution in [3.05, 3.63) is 29.0 Å². The van der Waals surface area contributed by atoms with Crippen LogP contribution in [0.4, 0.5) is 10.1 Å². The Morgan fingerprint density at radius 1 is 1.35 bits per heavy atom. The van der Waals surface area contributed by atoms with Gasteiger partial charge in [-0.25, -0.2) is 12.8 Å². The monoisotopic (exact) mass is 279 g/mol. The molecule has 96 valence electrons. The average molecular weight is 280 g/mol. The van der Waals surface area contributed by atoms with Crippen LogP contribution >= 0.6 is 11.6 Å². The second-order valence-corrected chi connectivity index (χ2v) is 6.39. The Kier molecular flexibility index (Phi) is 5.21. The van der Waals surface area contributed by atoms with Gasteiger partial charge in [-0.2, -0.15) is 0 Å². The van der Waals surface area contributed by atoms with Crippen LogP contribution in [-0.2, 0) is 9.84 Å². The minimum Gasteiger partial charge on any atom is -0.380 e. The predicted molar refractivity (Wildman–Crippen MR) is 68.8 cm³/mol. The number of hydrogen-bond acceptors (Lipinski definition) is 3. The molecule has 0 heterocycles. The fourth-order valence-corrected chi connectivity index (χ4v) is 2.88. The van der Waals surface area contributed by atoms with E-state index in [-0.39, 0.29) is 28.8 Å². The highest BCUT2D eigenvalue weighted by Gasteiger charge is 2.10. The van der Waals surface area contributed by atoms with E-state index in [1.165, 1.54) is 12.1 Å². The number of anilines is 1. The fourth-order valence-electron chi connectivity index (χ4n) is 1.41. The first-order valence-electron chi connectivity index (χ1n) is 5.34. The molecule has 6 heteroatoms. The van der Waals surface area contributed by atoms with Gasteiger partial charge in [-0.05, 0) is 18.6 Å². The molecule has 0 spiro atoms. The van der Waals surface area contributed by atoms with E-state index in [9.17, 15) is 12.8 Å². The molecule has 0 aliphatic carbocycles. The molecule has 0 bridgehead atoms. The van der Waals surface area contributed by atoms with Gasteiger partial charge in [0.1, 0.15) is 5.82 Å². The van der Waals surface area contributed by atoms with Crippen LogP contribution in [0.5, 0.6) is 0 Å². The summed E-state index contributed by atoms with van der Waals surface area (Å²) in [6.07, 6.45) is 0.586. The predicted octanol–water partition coefficient (Wildman–Crippen LogP) is 2.72. The van der Waals surface area contributed by atoms with Crippen LogP contribution in [0.15, 0.2) is 18.2 Å². The molecule has 0 fully saturated rings. The second kappa shape index (κ2) is 6.21. The molecule has 1 aromatic carbocycles. The van der Waals surface area contributed by atoms with Crippen LogP contribution < -0.4 is 5.32 Å². The molecular weight excluding hydrogens is 265 g/mol. The maximum atomic E-state index is 13.3. The van der Waals surface area contributed by atoms with E-state index >= 15 is 0 Å². The van der Waals surface area contributed by atoms with Crippen molar-refractivity contribution in [2.24, 2.45) is 0 Å². The molecule has 0 aromatic heterocycles. The molecule has 0 saturated heterocycles. The van der Waals surface area contributed by atoms with Crippen molar-refractivity contribution in [1.82, 2.24) is 0 Å². The zero-order chi connectivity index (χ0) is 12.9. The molecular formula is C11H15ClFNO2S. The highest BCUT2D eigenvalue weighted by Crippen LogP contribution is 2.24. The molecule has 0 aliphatic heterocycles. The van der Waals surface area contributed by atoms with Gasteiger partial charge in [0.05, 0.1) is 16.5 Å². The quantitative estimate of drug-likeness (QED) is 0.871. The first kappa shape index (κ1) is 14.3. The smallest absolute Gasteiger partial charge is 0.152 e. The zero-order valence-corrected chi connectivity index (χ0v) is 11.1. The summed E-state index contributed by atoms with van der Waals surface area (Å²) in [7, 11) is -3.06. The molecule has 0 saturated carbocycles. The first-order valence-corrected chi connectivity index (χ1v) is 7.54. The Labute approximate surface area is 106 Å². The van der Waals surface area contributed by atoms with Crippen LogP contribution in [0.1, 0.15) is 13.3 Å². The van der Waals surface area contributed by atoms with Crippen molar-refractivity contribution in [2.75, 3.05) is 23.4 Å². The molecule has 1 N–H and O–H groups in total. The van der Waals surface area contributed by atoms with Gasteiger partial charge in [-0.1, -0.05) is 24.6 Å². The molecule has 0 aliphatic rings. The third-order valence-electron chi connectivity index (χ3n) is 2.19. The van der Waals surface area contributed by atoms with E-state index < -0.39 is 15.7 Å². The summed E-state index contributed by atoms with van der Waals surface area (Å²) < 4.78 is 36.2. The zero-order valence-electron chi connectivity index (χ0n) is 9.54. The molecule has 0 atom stereocenters. The van der Waals surface area contributed by atoms with Crippen molar-refractivity contribution in [2.45, 2.75) is 13.3 Å². The summed E-state index contributed by atoms with van der Waals surface area (Å²) in [6, 6.07) is 4.32. The van der Waals surface area contributed by atoms with Crippen molar-refractivity contribution in [3.8, 4) is 0 Å². The SMILES string of the molecule is CCCS(=O)(=O)CCNc1c(F)cccc1Cl. The largest absolute Gasteiger partial charge is 0.380 e. The van der Waals surface area contributed by atoms with E-state index in [4.69, 9.17) is 11.6 Å². The summed E-state index contributed by atoms with van der Waals surface area (Å²) in [4.78, 5) is 0. The Balaban J connectivity index is 2.57. The Hall–Kier alpha value is -0.810. The fraction of sp³-hybridized carbons (Fsp3) is 0.455. The van der Waals surface area contributed by atoms with Gasteiger partial charge in [0.25, 0.3) is 0 Å². The number of nitrogens with one attached hydrogen (secondary N) is 1. The number of halogens is 2. The van der Waals surface area contributed by atoms with Gasteiger partial charge in [-0.3, -0.25) is 0 Å². The summed E-state index contributed by atoms with van der Waals surface area (Å²) >= 11 is 5.79. The number of hydrogen-bond donors (Lipinski definition) is 1. The summed E-state index contributed by atoms with van der Waals surface area (Å²) in [5.74, 6) is -0.351. The van der Waals surface area contributed by atoms with E-state index in [0.717, 1.165) is 0 Å². The highest BCUT2D eigenvalue weighted by molar-refractivity contribution is 7.91. The van der Waals surface area contributed by atoms with Crippen LogP contribution in [0.25, 0.3) is 0 Å². The lowest BCUT2D eigenvalue weighted by atomic mass is 10.3. The maximum absolute atomic E-state index is 13.3. The van der Waals surface area contributed by atoms with Gasteiger partial charge in [-0.15, -0.1) is 0 Å². The van der Waals surface area contributed by atoms with Crippen LogP contribution in [0.3, 0.4) is 0 Å². The minimum absolute atomic E-state index is 0.0223. The standard InChI is InChI=1S/C11H15ClFNO2S/c1-2-7-17(15,16)8-6-14-11-9(12)4-3-5-10(11)13/h3-5,14H,2,6-8H2,1H3. The van der Waals surface area contributed by atoms with Crippen LogP contribution in [0.2, 0.25) is 5.02 Å². The Bertz CT molecular complexity index is 456. The Morgan fingerprint density at radius 2 is 2.06 bits per heavy atom. The number of rotatable bonds is 6. The minimum atomic E-state index is -3.06. The lowest BCUT2D eigenvalue weighted by molar-refractivity contribution is 0.594. The topological polar surface area (TPSA) is 46.2 Å². The first-order chi connectivity index (χ1) is 7.96. The van der Waals surface area contributed by atoms with Gasteiger partial charge >= 0.3 is 0 Å². The molecule has 1 rings (SSSR count). The van der Waals surface area contributed by atoms with Crippen molar-refractivity contribution >= 4 is 27.1 Å². The van der Waals surface area contributed by atoms with Crippen molar-refractivity contribution in [1.29, 1.82) is 0 Å².